The summed E-state index contributed by atoms with van der Waals surface area (Å²) < 4.78 is 2.11. The molecule has 3 nitrogen and oxygen atoms in total. The van der Waals surface area contributed by atoms with E-state index < -0.39 is 0 Å². The summed E-state index contributed by atoms with van der Waals surface area (Å²) in [6, 6.07) is 18.9. The lowest BCUT2D eigenvalue weighted by atomic mass is 10.0. The lowest BCUT2D eigenvalue weighted by Crippen LogP contribution is -1.90. The summed E-state index contributed by atoms with van der Waals surface area (Å²) in [6.45, 7) is 0. The quantitative estimate of drug-likeness (QED) is 0.530. The molecule has 2 heterocycles. The van der Waals surface area contributed by atoms with E-state index in [-0.39, 0.29) is 0 Å². The lowest BCUT2D eigenvalue weighted by Gasteiger charge is -2.05. The first-order chi connectivity index (χ1) is 12.4. The second-order valence-corrected chi connectivity index (χ2v) is 6.04. The van der Waals surface area contributed by atoms with Crippen molar-refractivity contribution in [1.29, 1.82) is 0 Å². The van der Waals surface area contributed by atoms with Crippen molar-refractivity contribution in [2.45, 2.75) is 0 Å². The van der Waals surface area contributed by atoms with Crippen LogP contribution < -0.4 is 0 Å². The van der Waals surface area contributed by atoms with Gasteiger partial charge in [-0.15, -0.1) is 0 Å². The van der Waals surface area contributed by atoms with E-state index in [1.54, 1.807) is 6.20 Å². The smallest absolute Gasteiger partial charge is 0.145 e. The molecular weight excluding hydrogens is 306 g/mol. The van der Waals surface area contributed by atoms with Crippen LogP contribution in [0.3, 0.4) is 0 Å². The van der Waals surface area contributed by atoms with Crippen LogP contribution in [-0.4, -0.2) is 14.4 Å². The highest BCUT2D eigenvalue weighted by molar-refractivity contribution is 5.88. The molecule has 2 aromatic carbocycles. The highest BCUT2D eigenvalue weighted by Gasteiger charge is 2.16. The zero-order chi connectivity index (χ0) is 16.6. The van der Waals surface area contributed by atoms with Crippen molar-refractivity contribution < 1.29 is 0 Å². The first-order valence-corrected chi connectivity index (χ1v) is 8.27. The fourth-order valence-corrected chi connectivity index (χ4v) is 3.17. The second-order valence-electron chi connectivity index (χ2n) is 6.04. The van der Waals surface area contributed by atoms with Crippen molar-refractivity contribution in [3.63, 3.8) is 0 Å². The Bertz CT molecular complexity index is 1130. The molecule has 0 saturated carbocycles. The van der Waals surface area contributed by atoms with Crippen LogP contribution in [0.2, 0.25) is 0 Å². The summed E-state index contributed by atoms with van der Waals surface area (Å²) in [6.07, 6.45) is 11.8. The van der Waals surface area contributed by atoms with Crippen LogP contribution in [-0.2, 0) is 0 Å². The largest absolute Gasteiger partial charge is 0.296 e. The van der Waals surface area contributed by atoms with Gasteiger partial charge in [0.15, 0.2) is 0 Å². The number of imidazole rings is 1. The van der Waals surface area contributed by atoms with Gasteiger partial charge in [0.05, 0.1) is 17.4 Å². The molecule has 25 heavy (non-hydrogen) atoms. The molecule has 0 unspecified atom stereocenters. The van der Waals surface area contributed by atoms with Gasteiger partial charge < -0.3 is 0 Å². The molecular formula is C22H15N3. The summed E-state index contributed by atoms with van der Waals surface area (Å²) in [5.74, 6) is 0.936. The van der Waals surface area contributed by atoms with E-state index >= 15 is 0 Å². The lowest BCUT2D eigenvalue weighted by molar-refractivity contribution is 1.12. The van der Waals surface area contributed by atoms with E-state index in [0.29, 0.717) is 0 Å². The van der Waals surface area contributed by atoms with Gasteiger partial charge in [-0.1, -0.05) is 66.8 Å². The van der Waals surface area contributed by atoms with Crippen LogP contribution in [0.4, 0.5) is 0 Å². The van der Waals surface area contributed by atoms with Gasteiger partial charge in [0.1, 0.15) is 5.82 Å². The van der Waals surface area contributed by atoms with E-state index in [0.717, 1.165) is 28.2 Å². The van der Waals surface area contributed by atoms with E-state index in [1.165, 1.54) is 11.1 Å². The highest BCUT2D eigenvalue weighted by atomic mass is 15.0. The standard InChI is InChI=1S/C22H15N3/c1-2-6-16(7-3-1)18-10-5-11-19(14-18)22-24-21(17-8-4-9-17)20-15-23-12-13-25(20)22/h1-15H. The van der Waals surface area contributed by atoms with Crippen LogP contribution in [0.1, 0.15) is 5.69 Å². The zero-order valence-electron chi connectivity index (χ0n) is 13.5. The Labute approximate surface area is 145 Å². The number of hydrogen-bond donors (Lipinski definition) is 0. The topological polar surface area (TPSA) is 30.2 Å². The van der Waals surface area contributed by atoms with Gasteiger partial charge in [0.2, 0.25) is 0 Å². The molecule has 0 spiro atoms. The van der Waals surface area contributed by atoms with Crippen LogP contribution >= 0.6 is 0 Å². The van der Waals surface area contributed by atoms with Gasteiger partial charge in [-0.2, -0.15) is 0 Å². The van der Waals surface area contributed by atoms with Crippen molar-refractivity contribution in [3.05, 3.63) is 97.1 Å². The van der Waals surface area contributed by atoms with Crippen LogP contribution in [0, 0.1) is 0 Å². The van der Waals surface area contributed by atoms with Gasteiger partial charge in [-0.05, 0) is 17.2 Å². The maximum absolute atomic E-state index is 4.92. The Hall–Kier alpha value is -3.46. The molecule has 1 aliphatic carbocycles. The number of allylic oxidation sites excluding steroid dienone is 4. The average molecular weight is 321 g/mol. The number of aromatic nitrogens is 3. The van der Waals surface area contributed by atoms with E-state index in [2.05, 4.69) is 70.1 Å². The fraction of sp³-hybridized carbons (Fsp3) is 0. The Morgan fingerprint density at radius 1 is 0.840 bits per heavy atom. The highest BCUT2D eigenvalue weighted by Crippen LogP contribution is 2.31. The third kappa shape index (κ3) is 2.29. The zero-order valence-corrected chi connectivity index (χ0v) is 13.5. The van der Waals surface area contributed by atoms with Crippen molar-refractivity contribution >= 4 is 11.1 Å². The monoisotopic (exact) mass is 321 g/mol. The fourth-order valence-electron chi connectivity index (χ4n) is 3.17. The van der Waals surface area contributed by atoms with E-state index in [4.69, 9.17) is 4.98 Å². The average Bonchev–Trinajstić information content (AvgIpc) is 3.01. The van der Waals surface area contributed by atoms with Crippen LogP contribution in [0.15, 0.2) is 91.4 Å². The molecule has 118 valence electrons. The number of hydrogen-bond acceptors (Lipinski definition) is 2. The molecule has 2 aromatic heterocycles. The first kappa shape index (κ1) is 13.9. The SMILES string of the molecule is C1=CC(c2nc(-c3cccc(-c4ccccc4)c3)n3ccncc23)=C1. The molecule has 0 amide bonds. The van der Waals surface area contributed by atoms with Crippen molar-refractivity contribution in [2.75, 3.05) is 0 Å². The number of nitrogens with zero attached hydrogens (tertiary/aromatic N) is 3. The molecule has 0 bridgehead atoms. The molecule has 3 heteroatoms. The third-order valence-electron chi connectivity index (χ3n) is 4.50. The maximum atomic E-state index is 4.92. The summed E-state index contributed by atoms with van der Waals surface area (Å²) in [4.78, 5) is 9.19. The molecule has 0 atom stereocenters. The number of fused-ring (bicyclic) bond motifs is 1. The molecule has 0 aliphatic heterocycles. The Morgan fingerprint density at radius 3 is 2.44 bits per heavy atom. The molecule has 1 aliphatic rings. The molecule has 0 radical (unpaired) electrons. The number of rotatable bonds is 3. The predicted molar refractivity (Wildman–Crippen MR) is 101 cm³/mol. The second kappa shape index (κ2) is 5.56. The van der Waals surface area contributed by atoms with Crippen molar-refractivity contribution in [3.8, 4) is 22.5 Å². The van der Waals surface area contributed by atoms with Gasteiger partial charge in [0, 0.05) is 23.5 Å². The van der Waals surface area contributed by atoms with Crippen LogP contribution in [0.5, 0.6) is 0 Å². The van der Waals surface area contributed by atoms with Gasteiger partial charge in [0.25, 0.3) is 0 Å². The normalized spacial score (nSPS) is 12.9. The van der Waals surface area contributed by atoms with Gasteiger partial charge in [-0.3, -0.25) is 9.38 Å². The summed E-state index contributed by atoms with van der Waals surface area (Å²) in [5.41, 5.74) is 6.65. The molecule has 5 rings (SSSR count). The minimum Gasteiger partial charge on any atom is -0.296 e. The predicted octanol–water partition coefficient (Wildman–Crippen LogP) is 5.02. The minimum absolute atomic E-state index is 0.936. The molecule has 4 aromatic rings. The van der Waals surface area contributed by atoms with Crippen molar-refractivity contribution in [1.82, 2.24) is 14.4 Å². The maximum Gasteiger partial charge on any atom is 0.145 e. The number of benzene rings is 2. The van der Waals surface area contributed by atoms with E-state index in [1.807, 2.05) is 24.5 Å². The Balaban J connectivity index is 1.69. The van der Waals surface area contributed by atoms with Crippen molar-refractivity contribution in [2.24, 2.45) is 0 Å². The van der Waals surface area contributed by atoms with Crippen LogP contribution in [0.25, 0.3) is 33.6 Å². The van der Waals surface area contributed by atoms with E-state index in [9.17, 15) is 0 Å². The minimum atomic E-state index is 0.936. The summed E-state index contributed by atoms with van der Waals surface area (Å²) >= 11 is 0. The summed E-state index contributed by atoms with van der Waals surface area (Å²) in [7, 11) is 0. The third-order valence-corrected chi connectivity index (χ3v) is 4.50. The molecule has 0 fully saturated rings. The first-order valence-electron chi connectivity index (χ1n) is 8.27. The summed E-state index contributed by atoms with van der Waals surface area (Å²) in [5, 5.41) is 0. The molecule has 0 N–H and O–H groups in total. The van der Waals surface area contributed by atoms with Gasteiger partial charge >= 0.3 is 0 Å². The Kier molecular flexibility index (Phi) is 3.10. The molecule has 0 saturated heterocycles. The Morgan fingerprint density at radius 2 is 1.64 bits per heavy atom. The van der Waals surface area contributed by atoms with Gasteiger partial charge in [-0.25, -0.2) is 4.98 Å².